The molecule has 1 aromatic heterocycles. The van der Waals surface area contributed by atoms with Crippen molar-refractivity contribution >= 4 is 17.8 Å². The lowest BCUT2D eigenvalue weighted by Crippen LogP contribution is -2.32. The molecule has 0 atom stereocenters. The van der Waals surface area contributed by atoms with Crippen LogP contribution in [0.1, 0.15) is 41.7 Å². The summed E-state index contributed by atoms with van der Waals surface area (Å²) in [6.07, 6.45) is 7.69. The van der Waals surface area contributed by atoms with Gasteiger partial charge in [-0.05, 0) is 51.4 Å². The van der Waals surface area contributed by atoms with E-state index in [0.717, 1.165) is 13.0 Å². The molecule has 28 heavy (non-hydrogen) atoms. The van der Waals surface area contributed by atoms with Gasteiger partial charge in [-0.1, -0.05) is 6.42 Å². The number of carbonyl (C=O) groups excluding carboxylic acids is 1. The number of aryl methyl sites for hydroxylation is 1. The summed E-state index contributed by atoms with van der Waals surface area (Å²) in [5.41, 5.74) is 3.75. The number of rotatable bonds is 8. The van der Waals surface area contributed by atoms with Gasteiger partial charge < -0.3 is 15.1 Å². The van der Waals surface area contributed by atoms with Gasteiger partial charge in [-0.15, -0.1) is 0 Å². The quantitative estimate of drug-likeness (QED) is 0.345. The van der Waals surface area contributed by atoms with Gasteiger partial charge in [0.2, 0.25) is 0 Å². The Balaban J connectivity index is 0.000000416. The minimum atomic E-state index is -1.26. The van der Waals surface area contributed by atoms with Gasteiger partial charge >= 0.3 is 11.9 Å². The molecule has 1 fully saturated rings. The second-order valence-electron chi connectivity index (χ2n) is 6.18. The lowest BCUT2D eigenvalue weighted by atomic mass is 10.1. The molecule has 0 aliphatic carbocycles. The second kappa shape index (κ2) is 13.4. The first-order valence-corrected chi connectivity index (χ1v) is 9.10. The third kappa shape index (κ3) is 10.4. The lowest BCUT2D eigenvalue weighted by Gasteiger charge is -2.26. The summed E-state index contributed by atoms with van der Waals surface area (Å²) in [5, 5.41) is 15.6. The Labute approximate surface area is 164 Å². The summed E-state index contributed by atoms with van der Waals surface area (Å²) in [5.74, 6) is -2.74. The Morgan fingerprint density at radius 3 is 2.39 bits per heavy atom. The Hall–Kier alpha value is -2.78. The molecule has 2 rings (SSSR count). The van der Waals surface area contributed by atoms with E-state index in [1.807, 2.05) is 6.92 Å². The monoisotopic (exact) mass is 393 g/mol. The highest BCUT2D eigenvalue weighted by atomic mass is 16.6. The fourth-order valence-corrected chi connectivity index (χ4v) is 2.58. The van der Waals surface area contributed by atoms with Crippen molar-refractivity contribution in [2.75, 3.05) is 26.2 Å². The van der Waals surface area contributed by atoms with Crippen molar-refractivity contribution in [3.63, 3.8) is 0 Å². The van der Waals surface area contributed by atoms with Crippen molar-refractivity contribution in [3.8, 4) is 0 Å². The molecular formula is C19H27N3O6. The summed E-state index contributed by atoms with van der Waals surface area (Å²) in [6.45, 7) is 5.79. The van der Waals surface area contributed by atoms with Gasteiger partial charge in [0.1, 0.15) is 0 Å². The number of likely N-dealkylation sites (tertiary alicyclic amines) is 1. The zero-order valence-electron chi connectivity index (χ0n) is 16.0. The maximum atomic E-state index is 11.8. The van der Waals surface area contributed by atoms with E-state index in [1.54, 1.807) is 18.3 Å². The van der Waals surface area contributed by atoms with Crippen LogP contribution in [0.4, 0.5) is 0 Å². The number of carbonyl (C=O) groups is 3. The predicted octanol–water partition coefficient (Wildman–Crippen LogP) is 1.64. The standard InChI is InChI=1S/C15H23N3O2.C4H4O4/c1-13-14(7-5-8-16-13)15(19)17-20-12-6-11-18-9-3-2-4-10-18;5-3(6)1-2-4(7)8/h5,7-8H,2-4,6,9-12H2,1H3,(H,17,19);1-2H,(H,5,6)(H,7,8). The number of hydrogen-bond acceptors (Lipinski definition) is 6. The van der Waals surface area contributed by atoms with Gasteiger partial charge in [0, 0.05) is 24.9 Å². The number of pyridine rings is 1. The summed E-state index contributed by atoms with van der Waals surface area (Å²) >= 11 is 0. The first-order valence-electron chi connectivity index (χ1n) is 9.10. The van der Waals surface area contributed by atoms with Crippen LogP contribution in [0.5, 0.6) is 0 Å². The van der Waals surface area contributed by atoms with Crippen LogP contribution in [0.15, 0.2) is 30.5 Å². The largest absolute Gasteiger partial charge is 0.478 e. The number of hydrogen-bond donors (Lipinski definition) is 3. The number of aromatic nitrogens is 1. The highest BCUT2D eigenvalue weighted by molar-refractivity contribution is 5.94. The fourth-order valence-electron chi connectivity index (χ4n) is 2.58. The smallest absolute Gasteiger partial charge is 0.328 e. The number of nitrogens with zero attached hydrogens (tertiary/aromatic N) is 2. The van der Waals surface area contributed by atoms with Gasteiger partial charge in [0.15, 0.2) is 0 Å². The Bertz CT molecular complexity index is 655. The zero-order chi connectivity index (χ0) is 20.8. The zero-order valence-corrected chi connectivity index (χ0v) is 16.0. The number of amides is 1. The van der Waals surface area contributed by atoms with Crippen molar-refractivity contribution in [3.05, 3.63) is 41.7 Å². The highest BCUT2D eigenvalue weighted by Gasteiger charge is 2.10. The van der Waals surface area contributed by atoms with Crippen molar-refractivity contribution in [1.82, 2.24) is 15.4 Å². The van der Waals surface area contributed by atoms with E-state index >= 15 is 0 Å². The molecule has 0 bridgehead atoms. The van der Waals surface area contributed by atoms with Gasteiger partial charge in [-0.2, -0.15) is 0 Å². The maximum absolute atomic E-state index is 11.8. The van der Waals surface area contributed by atoms with Crippen LogP contribution in [0.3, 0.4) is 0 Å². The highest BCUT2D eigenvalue weighted by Crippen LogP contribution is 2.08. The second-order valence-corrected chi connectivity index (χ2v) is 6.18. The number of nitrogens with one attached hydrogen (secondary N) is 1. The molecule has 0 aromatic carbocycles. The Morgan fingerprint density at radius 2 is 1.82 bits per heavy atom. The Kier molecular flexibility index (Phi) is 11.1. The third-order valence-corrected chi connectivity index (χ3v) is 3.95. The van der Waals surface area contributed by atoms with Crippen molar-refractivity contribution in [2.45, 2.75) is 32.6 Å². The van der Waals surface area contributed by atoms with Gasteiger partial charge in [-0.3, -0.25) is 14.6 Å². The maximum Gasteiger partial charge on any atom is 0.328 e. The molecule has 1 saturated heterocycles. The first-order chi connectivity index (χ1) is 13.4. The summed E-state index contributed by atoms with van der Waals surface area (Å²) in [7, 11) is 0. The number of carboxylic acid groups (broad SMARTS) is 2. The summed E-state index contributed by atoms with van der Waals surface area (Å²) < 4.78 is 0. The number of hydroxylamine groups is 1. The molecule has 1 aliphatic heterocycles. The molecule has 1 aliphatic rings. The lowest BCUT2D eigenvalue weighted by molar-refractivity contribution is -0.134. The minimum absolute atomic E-state index is 0.228. The van der Waals surface area contributed by atoms with Crippen LogP contribution in [-0.4, -0.2) is 64.2 Å². The number of aliphatic carboxylic acids is 2. The summed E-state index contributed by atoms with van der Waals surface area (Å²) in [4.78, 5) is 42.7. The fraction of sp³-hybridized carbons (Fsp3) is 0.474. The molecule has 0 radical (unpaired) electrons. The van der Waals surface area contributed by atoms with E-state index < -0.39 is 11.9 Å². The third-order valence-electron chi connectivity index (χ3n) is 3.95. The van der Waals surface area contributed by atoms with Crippen LogP contribution in [-0.2, 0) is 14.4 Å². The van der Waals surface area contributed by atoms with Crippen LogP contribution < -0.4 is 5.48 Å². The normalized spacial score (nSPS) is 14.2. The molecular weight excluding hydrogens is 366 g/mol. The van der Waals surface area contributed by atoms with E-state index in [-0.39, 0.29) is 5.91 Å². The molecule has 154 valence electrons. The van der Waals surface area contributed by atoms with Gasteiger partial charge in [0.25, 0.3) is 5.91 Å². The predicted molar refractivity (Wildman–Crippen MR) is 102 cm³/mol. The molecule has 9 nitrogen and oxygen atoms in total. The molecule has 0 saturated carbocycles. The minimum Gasteiger partial charge on any atom is -0.478 e. The first kappa shape index (κ1) is 23.3. The number of carboxylic acids is 2. The van der Waals surface area contributed by atoms with Crippen molar-refractivity contribution < 1.29 is 29.4 Å². The topological polar surface area (TPSA) is 129 Å². The van der Waals surface area contributed by atoms with E-state index in [4.69, 9.17) is 15.1 Å². The molecule has 9 heteroatoms. The molecule has 2 heterocycles. The van der Waals surface area contributed by atoms with E-state index in [0.29, 0.717) is 30.0 Å². The number of piperidine rings is 1. The van der Waals surface area contributed by atoms with Crippen LogP contribution in [0.25, 0.3) is 0 Å². The Morgan fingerprint density at radius 1 is 1.18 bits per heavy atom. The van der Waals surface area contributed by atoms with Gasteiger partial charge in [-0.25, -0.2) is 15.1 Å². The molecule has 1 amide bonds. The van der Waals surface area contributed by atoms with Gasteiger partial charge in [0.05, 0.1) is 17.9 Å². The van der Waals surface area contributed by atoms with Crippen LogP contribution >= 0.6 is 0 Å². The molecule has 0 spiro atoms. The van der Waals surface area contributed by atoms with E-state index in [2.05, 4.69) is 15.4 Å². The average Bonchev–Trinajstić information content (AvgIpc) is 2.67. The molecule has 0 unspecified atom stereocenters. The molecule has 1 aromatic rings. The SMILES string of the molecule is Cc1ncccc1C(=O)NOCCCN1CCCCC1.O=C(O)C=CC(=O)O. The summed E-state index contributed by atoms with van der Waals surface area (Å²) in [6, 6.07) is 3.49. The van der Waals surface area contributed by atoms with Crippen molar-refractivity contribution in [2.24, 2.45) is 0 Å². The van der Waals surface area contributed by atoms with Crippen LogP contribution in [0, 0.1) is 6.92 Å². The van der Waals surface area contributed by atoms with E-state index in [1.165, 1.54) is 32.4 Å². The van der Waals surface area contributed by atoms with Crippen molar-refractivity contribution in [1.29, 1.82) is 0 Å². The molecule has 3 N–H and O–H groups in total. The van der Waals surface area contributed by atoms with Crippen LogP contribution in [0.2, 0.25) is 0 Å². The van der Waals surface area contributed by atoms with E-state index in [9.17, 15) is 14.4 Å². The average molecular weight is 393 g/mol.